The molecule has 1 aliphatic rings. The number of amides is 1. The fourth-order valence-corrected chi connectivity index (χ4v) is 2.14. The minimum atomic E-state index is 0.00404. The van der Waals surface area contributed by atoms with Crippen LogP contribution >= 0.6 is 0 Å². The third-order valence-corrected chi connectivity index (χ3v) is 3.22. The summed E-state index contributed by atoms with van der Waals surface area (Å²) in [4.78, 5) is 16.1. The average molecular weight is 241 g/mol. The fraction of sp³-hybridized carbons (Fsp3) is 0.923. The first-order valence-corrected chi connectivity index (χ1v) is 6.45. The van der Waals surface area contributed by atoms with Crippen molar-refractivity contribution >= 4 is 5.91 Å². The Morgan fingerprint density at radius 1 is 1.47 bits per heavy atom. The standard InChI is InChI=1S/C13H27N3O/c1-13(2,3)14-8-12(17)16(5)10-11-6-7-15(4)9-11/h11,14H,6-10H2,1-5H3. The zero-order valence-electron chi connectivity index (χ0n) is 11.9. The van der Waals surface area contributed by atoms with Crippen molar-refractivity contribution in [2.45, 2.75) is 32.7 Å². The van der Waals surface area contributed by atoms with Gasteiger partial charge in [-0.3, -0.25) is 4.79 Å². The number of likely N-dealkylation sites (tertiary alicyclic amines) is 1. The highest BCUT2D eigenvalue weighted by Crippen LogP contribution is 2.15. The highest BCUT2D eigenvalue weighted by molar-refractivity contribution is 5.78. The van der Waals surface area contributed by atoms with Crippen molar-refractivity contribution in [3.8, 4) is 0 Å². The lowest BCUT2D eigenvalue weighted by molar-refractivity contribution is -0.129. The first-order valence-electron chi connectivity index (χ1n) is 6.45. The third-order valence-electron chi connectivity index (χ3n) is 3.22. The van der Waals surface area contributed by atoms with E-state index in [1.54, 1.807) is 0 Å². The van der Waals surface area contributed by atoms with Gasteiger partial charge in [0.2, 0.25) is 5.91 Å². The molecule has 1 amide bonds. The van der Waals surface area contributed by atoms with Crippen LogP contribution in [-0.2, 0) is 4.79 Å². The monoisotopic (exact) mass is 241 g/mol. The van der Waals surface area contributed by atoms with Gasteiger partial charge in [0, 0.05) is 25.7 Å². The molecule has 1 atom stereocenters. The maximum absolute atomic E-state index is 11.9. The lowest BCUT2D eigenvalue weighted by Crippen LogP contribution is -2.44. The van der Waals surface area contributed by atoms with Gasteiger partial charge in [-0.2, -0.15) is 0 Å². The van der Waals surface area contributed by atoms with E-state index in [4.69, 9.17) is 0 Å². The van der Waals surface area contributed by atoms with E-state index >= 15 is 0 Å². The second kappa shape index (κ2) is 5.83. The molecule has 0 aromatic carbocycles. The zero-order chi connectivity index (χ0) is 13.1. The largest absolute Gasteiger partial charge is 0.344 e. The van der Waals surface area contributed by atoms with Gasteiger partial charge in [-0.1, -0.05) is 0 Å². The second-order valence-corrected chi connectivity index (χ2v) is 6.29. The van der Waals surface area contributed by atoms with Crippen LogP contribution in [0.15, 0.2) is 0 Å². The van der Waals surface area contributed by atoms with Crippen LogP contribution in [0.1, 0.15) is 27.2 Å². The molecule has 0 radical (unpaired) electrons. The number of carbonyl (C=O) groups excluding carboxylic acids is 1. The summed E-state index contributed by atoms with van der Waals surface area (Å²) in [5, 5.41) is 3.23. The number of hydrogen-bond donors (Lipinski definition) is 1. The fourth-order valence-electron chi connectivity index (χ4n) is 2.14. The van der Waals surface area contributed by atoms with E-state index < -0.39 is 0 Å². The first kappa shape index (κ1) is 14.5. The van der Waals surface area contributed by atoms with Crippen LogP contribution in [0.2, 0.25) is 0 Å². The molecule has 100 valence electrons. The lowest BCUT2D eigenvalue weighted by Gasteiger charge is -2.25. The Morgan fingerprint density at radius 3 is 2.59 bits per heavy atom. The van der Waals surface area contributed by atoms with Crippen molar-refractivity contribution in [2.24, 2.45) is 5.92 Å². The molecular formula is C13H27N3O. The van der Waals surface area contributed by atoms with E-state index in [-0.39, 0.29) is 11.4 Å². The summed E-state index contributed by atoms with van der Waals surface area (Å²) in [6.07, 6.45) is 1.21. The molecule has 1 N–H and O–H groups in total. The van der Waals surface area contributed by atoms with E-state index in [0.717, 1.165) is 19.6 Å². The molecule has 4 heteroatoms. The van der Waals surface area contributed by atoms with Crippen molar-refractivity contribution in [1.29, 1.82) is 0 Å². The number of rotatable bonds is 4. The summed E-state index contributed by atoms with van der Waals surface area (Å²) in [5.74, 6) is 0.832. The van der Waals surface area contributed by atoms with Crippen LogP contribution < -0.4 is 5.32 Å². The number of nitrogens with one attached hydrogen (secondary N) is 1. The Morgan fingerprint density at radius 2 is 2.12 bits per heavy atom. The van der Waals surface area contributed by atoms with E-state index in [9.17, 15) is 4.79 Å². The van der Waals surface area contributed by atoms with Gasteiger partial charge in [-0.15, -0.1) is 0 Å². The molecular weight excluding hydrogens is 214 g/mol. The second-order valence-electron chi connectivity index (χ2n) is 6.29. The van der Waals surface area contributed by atoms with Crippen LogP contribution in [0, 0.1) is 5.92 Å². The predicted molar refractivity (Wildman–Crippen MR) is 71.0 cm³/mol. The van der Waals surface area contributed by atoms with E-state index in [2.05, 4.69) is 38.0 Å². The normalized spacial score (nSPS) is 21.8. The van der Waals surface area contributed by atoms with Crippen molar-refractivity contribution in [1.82, 2.24) is 15.1 Å². The summed E-state index contributed by atoms with van der Waals surface area (Å²) < 4.78 is 0. The molecule has 0 spiro atoms. The Balaban J connectivity index is 2.27. The van der Waals surface area contributed by atoms with Gasteiger partial charge in [-0.25, -0.2) is 0 Å². The molecule has 1 unspecified atom stereocenters. The van der Waals surface area contributed by atoms with Crippen LogP contribution in [0.4, 0.5) is 0 Å². The first-order chi connectivity index (χ1) is 7.78. The number of carbonyl (C=O) groups is 1. The SMILES string of the molecule is CN1CCC(CN(C)C(=O)CNC(C)(C)C)C1. The number of hydrogen-bond acceptors (Lipinski definition) is 3. The van der Waals surface area contributed by atoms with E-state index in [0.29, 0.717) is 12.5 Å². The van der Waals surface area contributed by atoms with Crippen molar-refractivity contribution in [3.63, 3.8) is 0 Å². The molecule has 1 fully saturated rings. The Bertz CT molecular complexity index is 260. The number of nitrogens with zero attached hydrogens (tertiary/aromatic N) is 2. The summed E-state index contributed by atoms with van der Waals surface area (Å²) in [5.41, 5.74) is 0.00404. The van der Waals surface area contributed by atoms with Crippen LogP contribution in [-0.4, -0.2) is 61.5 Å². The van der Waals surface area contributed by atoms with Crippen LogP contribution in [0.3, 0.4) is 0 Å². The van der Waals surface area contributed by atoms with Crippen molar-refractivity contribution in [3.05, 3.63) is 0 Å². The van der Waals surface area contributed by atoms with Crippen molar-refractivity contribution in [2.75, 3.05) is 40.3 Å². The van der Waals surface area contributed by atoms with E-state index in [1.807, 2.05) is 11.9 Å². The Kier molecular flexibility index (Phi) is 4.95. The quantitative estimate of drug-likeness (QED) is 0.790. The maximum atomic E-state index is 11.9. The highest BCUT2D eigenvalue weighted by atomic mass is 16.2. The molecule has 1 saturated heterocycles. The van der Waals surface area contributed by atoms with Gasteiger partial charge in [-0.05, 0) is 46.7 Å². The summed E-state index contributed by atoms with van der Waals surface area (Å²) >= 11 is 0. The van der Waals surface area contributed by atoms with Gasteiger partial charge in [0.25, 0.3) is 0 Å². The molecule has 1 aliphatic heterocycles. The molecule has 1 rings (SSSR count). The Hall–Kier alpha value is -0.610. The minimum absolute atomic E-state index is 0.00404. The molecule has 0 aromatic heterocycles. The molecule has 17 heavy (non-hydrogen) atoms. The Labute approximate surface area is 105 Å². The average Bonchev–Trinajstić information content (AvgIpc) is 2.59. The number of likely N-dealkylation sites (N-methyl/N-ethyl adjacent to an activating group) is 1. The third kappa shape index (κ3) is 5.50. The lowest BCUT2D eigenvalue weighted by atomic mass is 10.1. The molecule has 0 saturated carbocycles. The minimum Gasteiger partial charge on any atom is -0.344 e. The van der Waals surface area contributed by atoms with Gasteiger partial charge < -0.3 is 15.1 Å². The predicted octanol–water partition coefficient (Wildman–Crippen LogP) is 0.785. The molecule has 4 nitrogen and oxygen atoms in total. The molecule has 0 aliphatic carbocycles. The zero-order valence-corrected chi connectivity index (χ0v) is 11.9. The van der Waals surface area contributed by atoms with Crippen molar-refractivity contribution < 1.29 is 4.79 Å². The van der Waals surface area contributed by atoms with Crippen LogP contribution in [0.5, 0.6) is 0 Å². The van der Waals surface area contributed by atoms with Gasteiger partial charge in [0.1, 0.15) is 0 Å². The van der Waals surface area contributed by atoms with Gasteiger partial charge in [0.15, 0.2) is 0 Å². The van der Waals surface area contributed by atoms with E-state index in [1.165, 1.54) is 6.42 Å². The summed E-state index contributed by atoms with van der Waals surface area (Å²) in [7, 11) is 4.05. The van der Waals surface area contributed by atoms with Gasteiger partial charge >= 0.3 is 0 Å². The summed E-state index contributed by atoms with van der Waals surface area (Å²) in [6.45, 7) is 9.82. The smallest absolute Gasteiger partial charge is 0.236 e. The van der Waals surface area contributed by atoms with Gasteiger partial charge in [0.05, 0.1) is 6.54 Å². The molecule has 1 heterocycles. The maximum Gasteiger partial charge on any atom is 0.236 e. The molecule has 0 aromatic rings. The summed E-state index contributed by atoms with van der Waals surface area (Å²) in [6, 6.07) is 0. The highest BCUT2D eigenvalue weighted by Gasteiger charge is 2.22. The van der Waals surface area contributed by atoms with Crippen LogP contribution in [0.25, 0.3) is 0 Å². The molecule has 0 bridgehead atoms. The topological polar surface area (TPSA) is 35.6 Å².